The minimum Gasteiger partial charge on any atom is -0.313 e. The number of benzene rings is 1. The molecule has 0 saturated heterocycles. The topological polar surface area (TPSA) is 71.6 Å². The van der Waals surface area contributed by atoms with Crippen LogP contribution < -0.4 is 0 Å². The highest BCUT2D eigenvalue weighted by Gasteiger charge is 2.28. The summed E-state index contributed by atoms with van der Waals surface area (Å²) in [4.78, 5) is 12.7. The first-order valence-corrected chi connectivity index (χ1v) is 7.63. The Kier molecular flexibility index (Phi) is 4.01. The van der Waals surface area contributed by atoms with E-state index in [1.54, 1.807) is 12.1 Å². The van der Waals surface area contributed by atoms with E-state index in [2.05, 4.69) is 16.3 Å². The fraction of sp³-hybridized carbons (Fsp3) is 0.412. The molecule has 112 valence electrons. The first-order chi connectivity index (χ1) is 10.7. The lowest BCUT2D eigenvalue weighted by Gasteiger charge is -2.11. The van der Waals surface area contributed by atoms with Gasteiger partial charge in [0.05, 0.1) is 6.07 Å². The molecule has 0 aliphatic carbocycles. The predicted octanol–water partition coefficient (Wildman–Crippen LogP) is 2.80. The Labute approximate surface area is 129 Å². The van der Waals surface area contributed by atoms with Gasteiger partial charge in [-0.15, -0.1) is 10.2 Å². The number of rotatable bonds is 3. The smallest absolute Gasteiger partial charge is 0.187 e. The number of nitriles is 1. The largest absolute Gasteiger partial charge is 0.313 e. The second kappa shape index (κ2) is 6.10. The highest BCUT2D eigenvalue weighted by molar-refractivity contribution is 6.02. The van der Waals surface area contributed by atoms with Crippen molar-refractivity contribution in [2.24, 2.45) is 0 Å². The van der Waals surface area contributed by atoms with Crippen LogP contribution in [0, 0.1) is 18.3 Å². The van der Waals surface area contributed by atoms with Crippen LogP contribution in [-0.4, -0.2) is 20.5 Å². The van der Waals surface area contributed by atoms with Crippen LogP contribution in [0.1, 0.15) is 52.8 Å². The van der Waals surface area contributed by atoms with Crippen molar-refractivity contribution in [2.75, 3.05) is 0 Å². The third kappa shape index (κ3) is 2.64. The van der Waals surface area contributed by atoms with Gasteiger partial charge in [0.15, 0.2) is 17.5 Å². The van der Waals surface area contributed by atoms with Crippen molar-refractivity contribution < 1.29 is 4.79 Å². The molecule has 22 heavy (non-hydrogen) atoms. The maximum absolute atomic E-state index is 12.7. The van der Waals surface area contributed by atoms with Crippen LogP contribution in [0.5, 0.6) is 0 Å². The first-order valence-electron chi connectivity index (χ1n) is 7.63. The molecule has 0 N–H and O–H groups in total. The quantitative estimate of drug-likeness (QED) is 0.816. The lowest BCUT2D eigenvalue weighted by Crippen LogP contribution is -2.17. The zero-order valence-corrected chi connectivity index (χ0v) is 12.6. The van der Waals surface area contributed by atoms with Gasteiger partial charge in [0.25, 0.3) is 0 Å². The molecule has 0 bridgehead atoms. The Balaban J connectivity index is 1.95. The number of carbonyl (C=O) groups excluding carboxylic acids is 1. The standard InChI is InChI=1S/C17H18N4O/c1-12-6-8-13(9-7-12)16(22)14(11-18)17-20-19-15-5-3-2-4-10-21(15)17/h6-9,14H,2-5,10H2,1H3. The van der Waals surface area contributed by atoms with Gasteiger partial charge in [-0.25, -0.2) is 0 Å². The van der Waals surface area contributed by atoms with Gasteiger partial charge in [-0.3, -0.25) is 4.79 Å². The van der Waals surface area contributed by atoms with Crippen molar-refractivity contribution in [1.82, 2.24) is 14.8 Å². The molecular weight excluding hydrogens is 276 g/mol. The molecular formula is C17H18N4O. The van der Waals surface area contributed by atoms with Crippen molar-refractivity contribution >= 4 is 5.78 Å². The van der Waals surface area contributed by atoms with E-state index in [-0.39, 0.29) is 5.78 Å². The molecule has 0 radical (unpaired) electrons. The molecule has 0 amide bonds. The summed E-state index contributed by atoms with van der Waals surface area (Å²) in [7, 11) is 0. The van der Waals surface area contributed by atoms with Gasteiger partial charge in [0.1, 0.15) is 5.82 Å². The number of hydrogen-bond donors (Lipinski definition) is 0. The maximum atomic E-state index is 12.7. The SMILES string of the molecule is Cc1ccc(C(=O)C(C#N)c2nnc3n2CCCCC3)cc1. The van der Waals surface area contributed by atoms with Gasteiger partial charge in [0.2, 0.25) is 0 Å². The Morgan fingerprint density at radius 3 is 2.73 bits per heavy atom. The fourth-order valence-corrected chi connectivity index (χ4v) is 2.84. The normalized spacial score (nSPS) is 15.5. The summed E-state index contributed by atoms with van der Waals surface area (Å²) in [6.45, 7) is 2.76. The number of aryl methyl sites for hydroxylation is 2. The molecule has 1 aromatic carbocycles. The van der Waals surface area contributed by atoms with Crippen molar-refractivity contribution in [3.8, 4) is 6.07 Å². The second-order valence-corrected chi connectivity index (χ2v) is 5.73. The van der Waals surface area contributed by atoms with E-state index >= 15 is 0 Å². The van der Waals surface area contributed by atoms with E-state index in [4.69, 9.17) is 0 Å². The molecule has 1 unspecified atom stereocenters. The number of carbonyl (C=O) groups is 1. The molecule has 1 aliphatic rings. The van der Waals surface area contributed by atoms with Crippen LogP contribution in [0.3, 0.4) is 0 Å². The third-order valence-corrected chi connectivity index (χ3v) is 4.12. The molecule has 2 heterocycles. The Morgan fingerprint density at radius 1 is 1.23 bits per heavy atom. The van der Waals surface area contributed by atoms with Crippen LogP contribution in [0.2, 0.25) is 0 Å². The average Bonchev–Trinajstić information content (AvgIpc) is 2.78. The van der Waals surface area contributed by atoms with Crippen molar-refractivity contribution in [2.45, 2.75) is 45.1 Å². The highest BCUT2D eigenvalue weighted by Crippen LogP contribution is 2.23. The summed E-state index contributed by atoms with van der Waals surface area (Å²) in [5, 5.41) is 17.8. The Morgan fingerprint density at radius 2 is 2.00 bits per heavy atom. The van der Waals surface area contributed by atoms with Crippen LogP contribution in [0.25, 0.3) is 0 Å². The zero-order valence-electron chi connectivity index (χ0n) is 12.6. The van der Waals surface area contributed by atoms with E-state index in [0.29, 0.717) is 11.4 Å². The van der Waals surface area contributed by atoms with Crippen molar-refractivity contribution in [3.05, 3.63) is 47.0 Å². The van der Waals surface area contributed by atoms with Gasteiger partial charge in [-0.2, -0.15) is 5.26 Å². The molecule has 5 nitrogen and oxygen atoms in total. The summed E-state index contributed by atoms with van der Waals surface area (Å²) in [6, 6.07) is 9.41. The number of aromatic nitrogens is 3. The van der Waals surface area contributed by atoms with E-state index in [9.17, 15) is 10.1 Å². The third-order valence-electron chi connectivity index (χ3n) is 4.12. The van der Waals surface area contributed by atoms with Crippen LogP contribution in [-0.2, 0) is 13.0 Å². The van der Waals surface area contributed by atoms with E-state index in [1.807, 2.05) is 23.6 Å². The molecule has 1 aromatic heterocycles. The summed E-state index contributed by atoms with van der Waals surface area (Å²) in [5.41, 5.74) is 1.63. The molecule has 3 rings (SSSR count). The van der Waals surface area contributed by atoms with E-state index in [1.165, 1.54) is 0 Å². The molecule has 1 aliphatic heterocycles. The summed E-state index contributed by atoms with van der Waals surface area (Å²) in [5.74, 6) is 0.290. The Bertz CT molecular complexity index is 724. The van der Waals surface area contributed by atoms with E-state index in [0.717, 1.165) is 43.6 Å². The zero-order chi connectivity index (χ0) is 15.5. The predicted molar refractivity (Wildman–Crippen MR) is 81.4 cm³/mol. The fourth-order valence-electron chi connectivity index (χ4n) is 2.84. The number of fused-ring (bicyclic) bond motifs is 1. The molecule has 0 fully saturated rings. The molecule has 5 heteroatoms. The van der Waals surface area contributed by atoms with Gasteiger partial charge in [0, 0.05) is 18.5 Å². The first kappa shape index (κ1) is 14.5. The van der Waals surface area contributed by atoms with E-state index < -0.39 is 5.92 Å². The monoisotopic (exact) mass is 294 g/mol. The second-order valence-electron chi connectivity index (χ2n) is 5.73. The molecule has 0 spiro atoms. The number of Topliss-reactive ketones (excluding diaryl/α,β-unsaturated/α-hetero) is 1. The molecule has 1 atom stereocenters. The lowest BCUT2D eigenvalue weighted by molar-refractivity contribution is 0.0974. The minimum atomic E-state index is -0.887. The van der Waals surface area contributed by atoms with Gasteiger partial charge >= 0.3 is 0 Å². The van der Waals surface area contributed by atoms with Gasteiger partial charge in [-0.05, 0) is 19.8 Å². The molecule has 0 saturated carbocycles. The summed E-state index contributed by atoms with van der Waals surface area (Å²) < 4.78 is 1.97. The molecule has 2 aromatic rings. The highest BCUT2D eigenvalue weighted by atomic mass is 16.1. The number of hydrogen-bond acceptors (Lipinski definition) is 4. The number of ketones is 1. The van der Waals surface area contributed by atoms with Crippen LogP contribution in [0.15, 0.2) is 24.3 Å². The summed E-state index contributed by atoms with van der Waals surface area (Å²) >= 11 is 0. The lowest BCUT2D eigenvalue weighted by atomic mass is 9.97. The van der Waals surface area contributed by atoms with Crippen LogP contribution in [0.4, 0.5) is 0 Å². The maximum Gasteiger partial charge on any atom is 0.187 e. The number of nitrogens with zero attached hydrogens (tertiary/aromatic N) is 4. The van der Waals surface area contributed by atoms with Gasteiger partial charge < -0.3 is 4.57 Å². The van der Waals surface area contributed by atoms with Gasteiger partial charge in [-0.1, -0.05) is 36.2 Å². The minimum absolute atomic E-state index is 0.207. The average molecular weight is 294 g/mol. The van der Waals surface area contributed by atoms with Crippen molar-refractivity contribution in [3.63, 3.8) is 0 Å². The van der Waals surface area contributed by atoms with Crippen molar-refractivity contribution in [1.29, 1.82) is 5.26 Å². The Hall–Kier alpha value is -2.48. The van der Waals surface area contributed by atoms with Crippen LogP contribution >= 0.6 is 0 Å². The summed E-state index contributed by atoms with van der Waals surface area (Å²) in [6.07, 6.45) is 4.13.